The molecule has 2 amide bonds. The SMILES string of the molecule is CC(C)(C)N(NC(=O)c1cccc(F)c1)C(=O)/C1=C/CCCCCC1. The fraction of sp³-hybridized carbons (Fsp3) is 0.500. The van der Waals surface area contributed by atoms with Crippen molar-refractivity contribution in [2.24, 2.45) is 0 Å². The third-order valence-corrected chi connectivity index (χ3v) is 4.24. The van der Waals surface area contributed by atoms with Gasteiger partial charge in [0.25, 0.3) is 11.8 Å². The summed E-state index contributed by atoms with van der Waals surface area (Å²) in [6.45, 7) is 5.58. The van der Waals surface area contributed by atoms with Crippen molar-refractivity contribution in [3.63, 3.8) is 0 Å². The van der Waals surface area contributed by atoms with Gasteiger partial charge in [-0.2, -0.15) is 0 Å². The first-order valence-electron chi connectivity index (χ1n) is 8.89. The summed E-state index contributed by atoms with van der Waals surface area (Å²) in [5, 5.41) is 1.37. The third kappa shape index (κ3) is 5.41. The molecule has 1 aliphatic carbocycles. The van der Waals surface area contributed by atoms with Gasteiger partial charge in [-0.25, -0.2) is 9.40 Å². The van der Waals surface area contributed by atoms with E-state index in [1.165, 1.54) is 29.6 Å². The number of halogens is 1. The summed E-state index contributed by atoms with van der Waals surface area (Å²) in [5.41, 5.74) is 3.01. The van der Waals surface area contributed by atoms with Crippen LogP contribution in [0.25, 0.3) is 0 Å². The Kier molecular flexibility index (Phi) is 6.34. The molecule has 0 spiro atoms. The van der Waals surface area contributed by atoms with Crippen LogP contribution in [0.2, 0.25) is 0 Å². The Morgan fingerprint density at radius 3 is 2.52 bits per heavy atom. The second-order valence-corrected chi connectivity index (χ2v) is 7.44. The van der Waals surface area contributed by atoms with Gasteiger partial charge < -0.3 is 0 Å². The van der Waals surface area contributed by atoms with Crippen LogP contribution in [0.15, 0.2) is 35.9 Å². The molecule has 0 saturated heterocycles. The van der Waals surface area contributed by atoms with Gasteiger partial charge in [-0.05, 0) is 64.7 Å². The third-order valence-electron chi connectivity index (χ3n) is 4.24. The minimum absolute atomic E-state index is 0.181. The molecule has 0 radical (unpaired) electrons. The van der Waals surface area contributed by atoms with E-state index in [1.54, 1.807) is 0 Å². The van der Waals surface area contributed by atoms with E-state index in [1.807, 2.05) is 26.8 Å². The van der Waals surface area contributed by atoms with Crippen molar-refractivity contribution in [2.75, 3.05) is 0 Å². The molecule has 0 heterocycles. The summed E-state index contributed by atoms with van der Waals surface area (Å²) < 4.78 is 13.4. The minimum Gasteiger partial charge on any atom is -0.268 e. The summed E-state index contributed by atoms with van der Waals surface area (Å²) >= 11 is 0. The van der Waals surface area contributed by atoms with E-state index in [-0.39, 0.29) is 11.5 Å². The summed E-state index contributed by atoms with van der Waals surface area (Å²) in [6.07, 6.45) is 7.98. The molecule has 0 saturated carbocycles. The maximum absolute atomic E-state index is 13.4. The van der Waals surface area contributed by atoms with Crippen LogP contribution in [0.3, 0.4) is 0 Å². The number of hydrazine groups is 1. The van der Waals surface area contributed by atoms with E-state index in [0.717, 1.165) is 43.7 Å². The molecular weight excluding hydrogens is 319 g/mol. The fourth-order valence-electron chi connectivity index (χ4n) is 2.85. The quantitative estimate of drug-likeness (QED) is 0.808. The molecule has 1 aromatic rings. The van der Waals surface area contributed by atoms with Gasteiger partial charge in [0.1, 0.15) is 5.82 Å². The van der Waals surface area contributed by atoms with Crippen molar-refractivity contribution in [2.45, 2.75) is 64.8 Å². The maximum Gasteiger partial charge on any atom is 0.270 e. The van der Waals surface area contributed by atoms with E-state index in [0.29, 0.717) is 0 Å². The van der Waals surface area contributed by atoms with Crippen molar-refractivity contribution >= 4 is 11.8 Å². The molecule has 0 aromatic heterocycles. The smallest absolute Gasteiger partial charge is 0.268 e. The highest BCUT2D eigenvalue weighted by atomic mass is 19.1. The molecule has 2 rings (SSSR count). The Morgan fingerprint density at radius 1 is 1.12 bits per heavy atom. The lowest BCUT2D eigenvalue weighted by molar-refractivity contribution is -0.135. The predicted octanol–water partition coefficient (Wildman–Crippen LogP) is 4.38. The normalized spacial score (nSPS) is 17.7. The standard InChI is InChI=1S/C20H27FN2O2/c1-20(2,3)23(19(25)15-10-7-5-4-6-8-11-15)22-18(24)16-12-9-13-17(21)14-16/h9-10,12-14H,4-8,11H2,1-3H3,(H,22,24)/b15-10+. The highest BCUT2D eigenvalue weighted by Crippen LogP contribution is 2.22. The Hall–Kier alpha value is -2.17. The number of carbonyl (C=O) groups is 2. The first-order valence-corrected chi connectivity index (χ1v) is 8.89. The Balaban J connectivity index is 2.21. The van der Waals surface area contributed by atoms with Crippen LogP contribution < -0.4 is 5.43 Å². The predicted molar refractivity (Wildman–Crippen MR) is 96.3 cm³/mol. The second-order valence-electron chi connectivity index (χ2n) is 7.44. The number of allylic oxidation sites excluding steroid dienone is 1. The number of rotatable bonds is 2. The second kappa shape index (κ2) is 8.28. The van der Waals surface area contributed by atoms with Crippen molar-refractivity contribution in [3.8, 4) is 0 Å². The van der Waals surface area contributed by atoms with Gasteiger partial charge in [0.15, 0.2) is 0 Å². The number of benzene rings is 1. The molecule has 0 unspecified atom stereocenters. The summed E-state index contributed by atoms with van der Waals surface area (Å²) in [7, 11) is 0. The molecule has 1 N–H and O–H groups in total. The Morgan fingerprint density at radius 2 is 1.84 bits per heavy atom. The molecule has 1 aliphatic rings. The molecule has 4 nitrogen and oxygen atoms in total. The first-order chi connectivity index (χ1) is 11.8. The Bertz CT molecular complexity index is 662. The average Bonchev–Trinajstić information content (AvgIpc) is 2.50. The van der Waals surface area contributed by atoms with Gasteiger partial charge in [0.05, 0.1) is 5.54 Å². The lowest BCUT2D eigenvalue weighted by Crippen LogP contribution is -2.56. The molecule has 1 aromatic carbocycles. The van der Waals surface area contributed by atoms with Gasteiger partial charge >= 0.3 is 0 Å². The molecule has 5 heteroatoms. The molecule has 0 fully saturated rings. The highest BCUT2D eigenvalue weighted by Gasteiger charge is 2.30. The van der Waals surface area contributed by atoms with Gasteiger partial charge in [-0.15, -0.1) is 0 Å². The van der Waals surface area contributed by atoms with Gasteiger partial charge in [-0.1, -0.05) is 25.0 Å². The summed E-state index contributed by atoms with van der Waals surface area (Å²) in [5.74, 6) is -1.16. The van der Waals surface area contributed by atoms with Gasteiger partial charge in [0, 0.05) is 11.1 Å². The van der Waals surface area contributed by atoms with Crippen LogP contribution in [-0.2, 0) is 4.79 Å². The van der Waals surface area contributed by atoms with Gasteiger partial charge in [0.2, 0.25) is 0 Å². The van der Waals surface area contributed by atoms with Crippen molar-refractivity contribution < 1.29 is 14.0 Å². The molecule has 0 aliphatic heterocycles. The number of nitrogens with zero attached hydrogens (tertiary/aromatic N) is 1. The van der Waals surface area contributed by atoms with E-state index in [2.05, 4.69) is 5.43 Å². The summed E-state index contributed by atoms with van der Waals surface area (Å²) in [6, 6.07) is 5.45. The molecule has 0 bridgehead atoms. The van der Waals surface area contributed by atoms with Crippen LogP contribution >= 0.6 is 0 Å². The number of hydrogen-bond acceptors (Lipinski definition) is 2. The van der Waals surface area contributed by atoms with E-state index in [9.17, 15) is 14.0 Å². The molecular formula is C20H27FN2O2. The monoisotopic (exact) mass is 346 g/mol. The van der Waals surface area contributed by atoms with Crippen molar-refractivity contribution in [3.05, 3.63) is 47.3 Å². The zero-order valence-electron chi connectivity index (χ0n) is 15.3. The fourth-order valence-corrected chi connectivity index (χ4v) is 2.85. The Labute approximate surface area is 149 Å². The maximum atomic E-state index is 13.4. The van der Waals surface area contributed by atoms with Crippen LogP contribution in [0.4, 0.5) is 4.39 Å². The number of carbonyl (C=O) groups excluding carboxylic acids is 2. The van der Waals surface area contributed by atoms with E-state index in [4.69, 9.17) is 0 Å². The highest BCUT2D eigenvalue weighted by molar-refractivity contribution is 5.99. The average molecular weight is 346 g/mol. The topological polar surface area (TPSA) is 49.4 Å². The molecule has 136 valence electrons. The number of amides is 2. The largest absolute Gasteiger partial charge is 0.270 e. The lowest BCUT2D eigenvalue weighted by atomic mass is 9.98. The number of nitrogens with one attached hydrogen (secondary N) is 1. The molecule has 25 heavy (non-hydrogen) atoms. The minimum atomic E-state index is -0.594. The van der Waals surface area contributed by atoms with Crippen molar-refractivity contribution in [1.82, 2.24) is 10.4 Å². The van der Waals surface area contributed by atoms with Crippen molar-refractivity contribution in [1.29, 1.82) is 0 Å². The lowest BCUT2D eigenvalue weighted by Gasteiger charge is -2.36. The summed E-state index contributed by atoms with van der Waals surface area (Å²) in [4.78, 5) is 25.5. The van der Waals surface area contributed by atoms with E-state index < -0.39 is 17.3 Å². The first kappa shape index (κ1) is 19.2. The van der Waals surface area contributed by atoms with Crippen LogP contribution in [-0.4, -0.2) is 22.4 Å². The van der Waals surface area contributed by atoms with Gasteiger partial charge in [-0.3, -0.25) is 15.0 Å². The molecule has 0 atom stereocenters. The van der Waals surface area contributed by atoms with Crippen LogP contribution in [0.5, 0.6) is 0 Å². The van der Waals surface area contributed by atoms with Crippen LogP contribution in [0.1, 0.15) is 69.7 Å². The van der Waals surface area contributed by atoms with Crippen LogP contribution in [0, 0.1) is 5.82 Å². The zero-order chi connectivity index (χ0) is 18.4. The van der Waals surface area contributed by atoms with E-state index >= 15 is 0 Å². The zero-order valence-corrected chi connectivity index (χ0v) is 15.3. The number of hydrogen-bond donors (Lipinski definition) is 1.